The molecule has 3 rings (SSSR count). The second-order valence-corrected chi connectivity index (χ2v) is 5.39. The number of hydrogen-bond acceptors (Lipinski definition) is 3. The molecule has 2 aromatic carbocycles. The van der Waals surface area contributed by atoms with Crippen molar-refractivity contribution in [2.45, 2.75) is 19.9 Å². The van der Waals surface area contributed by atoms with Gasteiger partial charge < -0.3 is 9.73 Å². The summed E-state index contributed by atoms with van der Waals surface area (Å²) < 4.78 is 5.44. The zero-order chi connectivity index (χ0) is 16.1. The second kappa shape index (κ2) is 6.92. The first-order valence-corrected chi connectivity index (χ1v) is 7.53. The normalized spacial score (nSPS) is 10.5. The van der Waals surface area contributed by atoms with Gasteiger partial charge in [-0.1, -0.05) is 42.5 Å². The van der Waals surface area contributed by atoms with E-state index < -0.39 is 0 Å². The monoisotopic (exact) mass is 306 g/mol. The van der Waals surface area contributed by atoms with Crippen LogP contribution in [0.3, 0.4) is 0 Å². The van der Waals surface area contributed by atoms with Gasteiger partial charge in [0.1, 0.15) is 6.26 Å². The van der Waals surface area contributed by atoms with E-state index in [9.17, 15) is 4.79 Å². The third-order valence-corrected chi connectivity index (χ3v) is 3.65. The van der Waals surface area contributed by atoms with Gasteiger partial charge in [0, 0.05) is 12.1 Å². The highest BCUT2D eigenvalue weighted by atomic mass is 16.3. The number of benzene rings is 2. The van der Waals surface area contributed by atoms with E-state index >= 15 is 0 Å². The molecule has 4 nitrogen and oxygen atoms in total. The van der Waals surface area contributed by atoms with Crippen LogP contribution in [0.4, 0.5) is 0 Å². The summed E-state index contributed by atoms with van der Waals surface area (Å²) in [5.74, 6) is 0.466. The minimum Gasteiger partial charge on any atom is -0.444 e. The maximum absolute atomic E-state index is 12.1. The molecule has 4 heteroatoms. The molecule has 0 aliphatic heterocycles. The molecule has 1 aromatic heterocycles. The zero-order valence-electron chi connectivity index (χ0n) is 13.0. The summed E-state index contributed by atoms with van der Waals surface area (Å²) in [4.78, 5) is 16.4. The van der Waals surface area contributed by atoms with Crippen LogP contribution < -0.4 is 5.32 Å². The summed E-state index contributed by atoms with van der Waals surface area (Å²) >= 11 is 0. The third-order valence-electron chi connectivity index (χ3n) is 3.65. The second-order valence-electron chi connectivity index (χ2n) is 5.39. The maximum atomic E-state index is 12.1. The Morgan fingerprint density at radius 2 is 1.83 bits per heavy atom. The lowest BCUT2D eigenvalue weighted by Gasteiger charge is -2.06. The van der Waals surface area contributed by atoms with Gasteiger partial charge in [0.25, 0.3) is 0 Å². The number of rotatable bonds is 5. The Hall–Kier alpha value is -2.88. The molecule has 0 atom stereocenters. The molecule has 1 amide bonds. The van der Waals surface area contributed by atoms with Gasteiger partial charge in [0.15, 0.2) is 0 Å². The highest BCUT2D eigenvalue weighted by molar-refractivity contribution is 5.78. The average Bonchev–Trinajstić information content (AvgIpc) is 3.03. The Morgan fingerprint density at radius 1 is 1.09 bits per heavy atom. The Balaban J connectivity index is 1.58. The van der Waals surface area contributed by atoms with Crippen molar-refractivity contribution in [1.29, 1.82) is 0 Å². The quantitative estimate of drug-likeness (QED) is 0.785. The van der Waals surface area contributed by atoms with Gasteiger partial charge in [-0.05, 0) is 30.2 Å². The molecule has 0 unspecified atom stereocenters. The number of carbonyl (C=O) groups is 1. The summed E-state index contributed by atoms with van der Waals surface area (Å²) in [5, 5.41) is 2.92. The van der Waals surface area contributed by atoms with Crippen LogP contribution in [-0.4, -0.2) is 10.9 Å². The first-order valence-electron chi connectivity index (χ1n) is 7.53. The molecule has 0 saturated heterocycles. The molecule has 1 N–H and O–H groups in total. The highest BCUT2D eigenvalue weighted by Gasteiger charge is 2.10. The number of amides is 1. The van der Waals surface area contributed by atoms with Crippen LogP contribution in [0.2, 0.25) is 0 Å². The molecular formula is C19H18N2O2. The van der Waals surface area contributed by atoms with Crippen LogP contribution in [0.15, 0.2) is 65.3 Å². The van der Waals surface area contributed by atoms with Gasteiger partial charge >= 0.3 is 0 Å². The standard InChI is InChI=1S/C19H18N2O2/c1-14-7-5-6-10-16(14)12-20-18(22)11-17-13-23-19(21-17)15-8-3-2-4-9-15/h2-10,13H,11-12H2,1H3,(H,20,22). The Kier molecular flexibility index (Phi) is 4.52. The summed E-state index contributed by atoms with van der Waals surface area (Å²) in [6, 6.07) is 17.6. The molecule has 0 bridgehead atoms. The number of aromatic nitrogens is 1. The summed E-state index contributed by atoms with van der Waals surface area (Å²) in [7, 11) is 0. The van der Waals surface area contributed by atoms with Crippen molar-refractivity contribution in [1.82, 2.24) is 10.3 Å². The molecule has 116 valence electrons. The Morgan fingerprint density at radius 3 is 2.61 bits per heavy atom. The molecule has 0 radical (unpaired) electrons. The number of carbonyl (C=O) groups excluding carboxylic acids is 1. The molecule has 1 heterocycles. The van der Waals surface area contributed by atoms with Crippen LogP contribution >= 0.6 is 0 Å². The molecule has 3 aromatic rings. The average molecular weight is 306 g/mol. The van der Waals surface area contributed by atoms with Crippen molar-refractivity contribution >= 4 is 5.91 Å². The third kappa shape index (κ3) is 3.86. The van der Waals surface area contributed by atoms with Crippen molar-refractivity contribution in [3.63, 3.8) is 0 Å². The van der Waals surface area contributed by atoms with Gasteiger partial charge in [-0.3, -0.25) is 4.79 Å². The van der Waals surface area contributed by atoms with Gasteiger partial charge in [0.05, 0.1) is 12.1 Å². The van der Waals surface area contributed by atoms with Gasteiger partial charge in [0.2, 0.25) is 11.8 Å². The predicted octanol–water partition coefficient (Wildman–Crippen LogP) is 3.51. The molecule has 0 aliphatic carbocycles. The van der Waals surface area contributed by atoms with Crippen LogP contribution in [0, 0.1) is 6.92 Å². The van der Waals surface area contributed by atoms with E-state index in [0.717, 1.165) is 11.1 Å². The Labute approximate surface area is 135 Å². The van der Waals surface area contributed by atoms with Gasteiger partial charge in [-0.25, -0.2) is 4.98 Å². The molecule has 23 heavy (non-hydrogen) atoms. The van der Waals surface area contributed by atoms with Crippen molar-refractivity contribution in [2.24, 2.45) is 0 Å². The summed E-state index contributed by atoms with van der Waals surface area (Å²) in [6.07, 6.45) is 1.75. The van der Waals surface area contributed by atoms with Crippen molar-refractivity contribution < 1.29 is 9.21 Å². The number of hydrogen-bond donors (Lipinski definition) is 1. The first-order chi connectivity index (χ1) is 11.2. The fourth-order valence-electron chi connectivity index (χ4n) is 2.33. The lowest BCUT2D eigenvalue weighted by atomic mass is 10.1. The number of aryl methyl sites for hydroxylation is 1. The topological polar surface area (TPSA) is 55.1 Å². The fourth-order valence-corrected chi connectivity index (χ4v) is 2.33. The minimum atomic E-state index is -0.0684. The zero-order valence-corrected chi connectivity index (χ0v) is 13.0. The minimum absolute atomic E-state index is 0.0684. The van der Waals surface area contributed by atoms with Gasteiger partial charge in [-0.15, -0.1) is 0 Å². The molecule has 0 saturated carbocycles. The van der Waals surface area contributed by atoms with E-state index in [2.05, 4.69) is 10.3 Å². The largest absolute Gasteiger partial charge is 0.444 e. The molecule has 0 spiro atoms. The molecule has 0 fully saturated rings. The van der Waals surface area contributed by atoms with E-state index in [1.54, 1.807) is 0 Å². The Bertz CT molecular complexity index is 794. The van der Waals surface area contributed by atoms with Crippen LogP contribution in [0.1, 0.15) is 16.8 Å². The maximum Gasteiger partial charge on any atom is 0.226 e. The van der Waals surface area contributed by atoms with Crippen molar-refractivity contribution in [2.75, 3.05) is 0 Å². The van der Waals surface area contributed by atoms with Crippen molar-refractivity contribution in [3.05, 3.63) is 77.7 Å². The first kappa shape index (κ1) is 15.0. The van der Waals surface area contributed by atoms with Crippen LogP contribution in [-0.2, 0) is 17.8 Å². The lowest BCUT2D eigenvalue weighted by Crippen LogP contribution is -2.25. The fraction of sp³-hybridized carbons (Fsp3) is 0.158. The smallest absolute Gasteiger partial charge is 0.226 e. The van der Waals surface area contributed by atoms with Crippen LogP contribution in [0.5, 0.6) is 0 Å². The predicted molar refractivity (Wildman–Crippen MR) is 88.7 cm³/mol. The van der Waals surface area contributed by atoms with Gasteiger partial charge in [-0.2, -0.15) is 0 Å². The van der Waals surface area contributed by atoms with E-state index in [0.29, 0.717) is 18.1 Å². The van der Waals surface area contributed by atoms with Crippen LogP contribution in [0.25, 0.3) is 11.5 Å². The van der Waals surface area contributed by atoms with E-state index in [1.165, 1.54) is 11.8 Å². The number of oxazole rings is 1. The lowest BCUT2D eigenvalue weighted by molar-refractivity contribution is -0.120. The summed E-state index contributed by atoms with van der Waals surface area (Å²) in [6.45, 7) is 2.56. The van der Waals surface area contributed by atoms with E-state index in [4.69, 9.17) is 4.42 Å². The molecule has 0 aliphatic rings. The SMILES string of the molecule is Cc1ccccc1CNC(=O)Cc1coc(-c2ccccc2)n1. The number of nitrogens with zero attached hydrogens (tertiary/aromatic N) is 1. The van der Waals surface area contributed by atoms with Crippen molar-refractivity contribution in [3.8, 4) is 11.5 Å². The molecular weight excluding hydrogens is 288 g/mol. The summed E-state index contributed by atoms with van der Waals surface area (Å²) in [5.41, 5.74) is 3.82. The van der Waals surface area contributed by atoms with E-state index in [1.807, 2.05) is 61.5 Å². The highest BCUT2D eigenvalue weighted by Crippen LogP contribution is 2.18. The number of nitrogens with one attached hydrogen (secondary N) is 1. The van der Waals surface area contributed by atoms with E-state index in [-0.39, 0.29) is 12.3 Å².